The first-order valence-electron chi connectivity index (χ1n) is 8.74. The van der Waals surface area contributed by atoms with Gasteiger partial charge in [0.2, 0.25) is 15.9 Å². The van der Waals surface area contributed by atoms with E-state index in [9.17, 15) is 13.2 Å². The first kappa shape index (κ1) is 22.8. The summed E-state index contributed by atoms with van der Waals surface area (Å²) in [6.07, 6.45) is 1.02. The second kappa shape index (κ2) is 8.92. The number of carbonyl (C=O) groups is 1. The number of hydrogen-bond acceptors (Lipinski definition) is 5. The van der Waals surface area contributed by atoms with Crippen molar-refractivity contribution in [3.05, 3.63) is 46.0 Å². The molecular formula is C20H25ClN2O5S. The van der Waals surface area contributed by atoms with Crippen LogP contribution in [0.3, 0.4) is 0 Å². The number of aryl methyl sites for hydroxylation is 3. The molecule has 0 aliphatic rings. The third-order valence-corrected chi connectivity index (χ3v) is 5.77. The van der Waals surface area contributed by atoms with Crippen LogP contribution in [-0.4, -0.2) is 41.3 Å². The monoisotopic (exact) mass is 440 g/mol. The van der Waals surface area contributed by atoms with Crippen LogP contribution in [0, 0.1) is 20.8 Å². The fraction of sp³-hybridized carbons (Fsp3) is 0.350. The summed E-state index contributed by atoms with van der Waals surface area (Å²) in [6, 6.07) is 6.77. The molecule has 29 heavy (non-hydrogen) atoms. The summed E-state index contributed by atoms with van der Waals surface area (Å²) in [6.45, 7) is 5.30. The van der Waals surface area contributed by atoms with Crippen LogP contribution >= 0.6 is 11.6 Å². The number of benzene rings is 2. The molecule has 0 radical (unpaired) electrons. The fourth-order valence-corrected chi connectivity index (χ4v) is 4.19. The Morgan fingerprint density at radius 3 is 2.07 bits per heavy atom. The number of anilines is 2. The van der Waals surface area contributed by atoms with E-state index in [0.717, 1.165) is 27.3 Å². The van der Waals surface area contributed by atoms with Crippen LogP contribution in [0.25, 0.3) is 0 Å². The number of hydrogen-bond donors (Lipinski definition) is 1. The van der Waals surface area contributed by atoms with Crippen molar-refractivity contribution in [2.24, 2.45) is 0 Å². The van der Waals surface area contributed by atoms with Gasteiger partial charge in [-0.25, -0.2) is 8.42 Å². The Hall–Kier alpha value is -2.45. The van der Waals surface area contributed by atoms with Gasteiger partial charge in [0.25, 0.3) is 0 Å². The Bertz CT molecular complexity index is 1010. The molecule has 0 heterocycles. The molecule has 0 bridgehead atoms. The zero-order valence-corrected chi connectivity index (χ0v) is 18.9. The summed E-state index contributed by atoms with van der Waals surface area (Å²) in [7, 11) is -1.00. The molecular weight excluding hydrogens is 416 g/mol. The normalized spacial score (nSPS) is 11.1. The standard InChI is InChI=1S/C20H25ClN2O5S/c1-12-7-13(2)20(14(3)8-12)22-19(24)11-23(29(6,25)26)16-10-17(27-4)15(21)9-18(16)28-5/h7-10H,11H2,1-6H3,(H,22,24). The van der Waals surface area contributed by atoms with Gasteiger partial charge in [0.1, 0.15) is 18.0 Å². The van der Waals surface area contributed by atoms with E-state index >= 15 is 0 Å². The predicted octanol–water partition coefficient (Wildman–Crippen LogP) is 3.69. The van der Waals surface area contributed by atoms with E-state index in [-0.39, 0.29) is 22.2 Å². The maximum atomic E-state index is 12.7. The summed E-state index contributed by atoms with van der Waals surface area (Å²) >= 11 is 6.11. The highest BCUT2D eigenvalue weighted by atomic mass is 35.5. The van der Waals surface area contributed by atoms with E-state index in [1.165, 1.54) is 26.4 Å². The van der Waals surface area contributed by atoms with Crippen molar-refractivity contribution >= 4 is 38.9 Å². The van der Waals surface area contributed by atoms with Gasteiger partial charge in [0.15, 0.2) is 0 Å². The summed E-state index contributed by atoms with van der Waals surface area (Å²) in [5, 5.41) is 3.07. The average Bonchev–Trinajstić information content (AvgIpc) is 2.61. The van der Waals surface area contributed by atoms with Crippen molar-refractivity contribution in [3.63, 3.8) is 0 Å². The van der Waals surface area contributed by atoms with Gasteiger partial charge in [-0.3, -0.25) is 9.10 Å². The van der Waals surface area contributed by atoms with Crippen LogP contribution in [-0.2, 0) is 14.8 Å². The van der Waals surface area contributed by atoms with Gasteiger partial charge in [-0.1, -0.05) is 29.3 Å². The van der Waals surface area contributed by atoms with Crippen molar-refractivity contribution in [3.8, 4) is 11.5 Å². The lowest BCUT2D eigenvalue weighted by atomic mass is 10.1. The molecule has 0 atom stereocenters. The Labute approximate surface area is 176 Å². The van der Waals surface area contributed by atoms with Gasteiger partial charge in [-0.15, -0.1) is 0 Å². The van der Waals surface area contributed by atoms with E-state index in [1.807, 2.05) is 32.9 Å². The first-order chi connectivity index (χ1) is 13.5. The molecule has 0 spiro atoms. The highest BCUT2D eigenvalue weighted by Gasteiger charge is 2.26. The van der Waals surface area contributed by atoms with Crippen molar-refractivity contribution < 1.29 is 22.7 Å². The molecule has 9 heteroatoms. The van der Waals surface area contributed by atoms with Crippen LogP contribution in [0.5, 0.6) is 11.5 Å². The Morgan fingerprint density at radius 2 is 1.59 bits per heavy atom. The zero-order chi connectivity index (χ0) is 21.9. The molecule has 0 aromatic heterocycles. The summed E-state index contributed by atoms with van der Waals surface area (Å²) in [5.41, 5.74) is 3.69. The minimum atomic E-state index is -3.81. The predicted molar refractivity (Wildman–Crippen MR) is 116 cm³/mol. The van der Waals surface area contributed by atoms with Crippen molar-refractivity contribution in [1.29, 1.82) is 0 Å². The first-order valence-corrected chi connectivity index (χ1v) is 11.0. The molecule has 2 aromatic rings. The molecule has 0 unspecified atom stereocenters. The number of sulfonamides is 1. The van der Waals surface area contributed by atoms with Crippen LogP contribution in [0.2, 0.25) is 5.02 Å². The number of ether oxygens (including phenoxy) is 2. The lowest BCUT2D eigenvalue weighted by Gasteiger charge is -2.25. The highest BCUT2D eigenvalue weighted by Crippen LogP contribution is 2.39. The smallest absolute Gasteiger partial charge is 0.245 e. The van der Waals surface area contributed by atoms with Crippen molar-refractivity contribution in [1.82, 2.24) is 0 Å². The second-order valence-corrected chi connectivity index (χ2v) is 9.06. The van der Waals surface area contributed by atoms with Gasteiger partial charge in [0, 0.05) is 17.8 Å². The molecule has 2 rings (SSSR count). The van der Waals surface area contributed by atoms with Crippen LogP contribution in [0.1, 0.15) is 16.7 Å². The SMILES string of the molecule is COc1cc(N(CC(=O)Nc2c(C)cc(C)cc2C)S(C)(=O)=O)c(OC)cc1Cl. The molecule has 1 amide bonds. The maximum Gasteiger partial charge on any atom is 0.245 e. The topological polar surface area (TPSA) is 84.9 Å². The third-order valence-electron chi connectivity index (χ3n) is 4.35. The van der Waals surface area contributed by atoms with E-state index in [1.54, 1.807) is 0 Å². The van der Waals surface area contributed by atoms with Gasteiger partial charge in [0.05, 0.1) is 31.2 Å². The molecule has 0 fully saturated rings. The van der Waals surface area contributed by atoms with Crippen LogP contribution in [0.4, 0.5) is 11.4 Å². The number of halogens is 1. The van der Waals surface area contributed by atoms with Crippen LogP contribution in [0.15, 0.2) is 24.3 Å². The number of nitrogens with one attached hydrogen (secondary N) is 1. The van der Waals surface area contributed by atoms with Gasteiger partial charge in [-0.05, 0) is 31.9 Å². The van der Waals surface area contributed by atoms with Crippen molar-refractivity contribution in [2.75, 3.05) is 36.6 Å². The minimum Gasteiger partial charge on any atom is -0.495 e. The number of carbonyl (C=O) groups excluding carboxylic acids is 1. The largest absolute Gasteiger partial charge is 0.495 e. The molecule has 1 N–H and O–H groups in total. The lowest BCUT2D eigenvalue weighted by molar-refractivity contribution is -0.114. The Morgan fingerprint density at radius 1 is 1.03 bits per heavy atom. The highest BCUT2D eigenvalue weighted by molar-refractivity contribution is 7.92. The van der Waals surface area contributed by atoms with Crippen molar-refractivity contribution in [2.45, 2.75) is 20.8 Å². The van der Waals surface area contributed by atoms with Gasteiger partial charge in [-0.2, -0.15) is 0 Å². The molecule has 0 saturated heterocycles. The summed E-state index contributed by atoms with van der Waals surface area (Å²) < 4.78 is 36.3. The Kier molecular flexibility index (Phi) is 7.02. The molecule has 0 aliphatic carbocycles. The van der Waals surface area contributed by atoms with E-state index in [2.05, 4.69) is 5.32 Å². The fourth-order valence-electron chi connectivity index (χ4n) is 3.11. The van der Waals surface area contributed by atoms with Crippen LogP contribution < -0.4 is 19.1 Å². The lowest BCUT2D eigenvalue weighted by Crippen LogP contribution is -2.37. The van der Waals surface area contributed by atoms with E-state index in [4.69, 9.17) is 21.1 Å². The number of amides is 1. The number of methoxy groups -OCH3 is 2. The molecule has 7 nitrogen and oxygen atoms in total. The average molecular weight is 441 g/mol. The number of rotatable bonds is 7. The molecule has 158 valence electrons. The van der Waals surface area contributed by atoms with E-state index < -0.39 is 22.5 Å². The summed E-state index contributed by atoms with van der Waals surface area (Å²) in [5.74, 6) is -0.0140. The minimum absolute atomic E-state index is 0.156. The van der Waals surface area contributed by atoms with Gasteiger partial charge >= 0.3 is 0 Å². The quantitative estimate of drug-likeness (QED) is 0.709. The molecule has 0 aliphatic heterocycles. The van der Waals surface area contributed by atoms with Gasteiger partial charge < -0.3 is 14.8 Å². The summed E-state index contributed by atoms with van der Waals surface area (Å²) in [4.78, 5) is 12.7. The number of nitrogens with zero attached hydrogens (tertiary/aromatic N) is 1. The zero-order valence-electron chi connectivity index (χ0n) is 17.3. The molecule has 0 saturated carbocycles. The maximum absolute atomic E-state index is 12.7. The van der Waals surface area contributed by atoms with E-state index in [0.29, 0.717) is 5.69 Å². The second-order valence-electron chi connectivity index (χ2n) is 6.75. The third kappa shape index (κ3) is 5.33. The Balaban J connectivity index is 2.42. The molecule has 2 aromatic carbocycles.